The molecule has 7 nitrogen and oxygen atoms in total. The summed E-state index contributed by atoms with van der Waals surface area (Å²) >= 11 is 0. The Labute approximate surface area is 103 Å². The molecule has 0 unspecified atom stereocenters. The van der Waals surface area contributed by atoms with Gasteiger partial charge in [-0.05, 0) is 25.2 Å². The van der Waals surface area contributed by atoms with Gasteiger partial charge in [0.2, 0.25) is 0 Å². The SMILES string of the molecule is C[C@H]1O[C@@H]([O-])C[C@H](ON=[N+]=[N-])[C@H]1O.[Na+]. The van der Waals surface area contributed by atoms with Crippen LogP contribution in [0.15, 0.2) is 5.28 Å². The summed E-state index contributed by atoms with van der Waals surface area (Å²) in [5.41, 5.74) is 7.96. The average Bonchev–Trinajstić information content (AvgIpc) is 2.09. The summed E-state index contributed by atoms with van der Waals surface area (Å²) in [6, 6.07) is 0. The van der Waals surface area contributed by atoms with Gasteiger partial charge in [-0.25, -0.2) is 0 Å². The van der Waals surface area contributed by atoms with E-state index < -0.39 is 24.6 Å². The molecule has 74 valence electrons. The molecule has 1 rings (SSSR count). The fourth-order valence-electron chi connectivity index (χ4n) is 1.19. The minimum Gasteiger partial charge on any atom is -0.831 e. The first-order chi connectivity index (χ1) is 6.15. The topological polar surface area (TPSA) is 111 Å². The second-order valence-electron chi connectivity index (χ2n) is 2.81. The molecule has 0 aromatic carbocycles. The van der Waals surface area contributed by atoms with Gasteiger partial charge in [-0.1, -0.05) is 0 Å². The zero-order valence-electron chi connectivity index (χ0n) is 8.03. The van der Waals surface area contributed by atoms with Crippen molar-refractivity contribution < 1.29 is 49.3 Å². The molecule has 0 bridgehead atoms. The molecular weight excluding hydrogens is 201 g/mol. The predicted molar refractivity (Wildman–Crippen MR) is 39.0 cm³/mol. The van der Waals surface area contributed by atoms with Crippen LogP contribution in [0.5, 0.6) is 0 Å². The van der Waals surface area contributed by atoms with Gasteiger partial charge in [-0.15, -0.1) is 0 Å². The number of nitrogens with zero attached hydrogens (tertiary/aromatic N) is 3. The van der Waals surface area contributed by atoms with Gasteiger partial charge in [0.05, 0.1) is 6.10 Å². The quantitative estimate of drug-likeness (QED) is 0.167. The second-order valence-corrected chi connectivity index (χ2v) is 2.81. The molecule has 8 heteroatoms. The third kappa shape index (κ3) is 3.62. The Bertz CT molecular complexity index is 223. The largest absolute Gasteiger partial charge is 1.00 e. The van der Waals surface area contributed by atoms with Gasteiger partial charge < -0.3 is 19.8 Å². The van der Waals surface area contributed by atoms with E-state index in [9.17, 15) is 10.2 Å². The number of rotatable bonds is 2. The zero-order valence-corrected chi connectivity index (χ0v) is 10.0. The molecule has 0 radical (unpaired) electrons. The van der Waals surface area contributed by atoms with Gasteiger partial charge in [0.25, 0.3) is 0 Å². The van der Waals surface area contributed by atoms with E-state index in [4.69, 9.17) is 10.3 Å². The van der Waals surface area contributed by atoms with Gasteiger partial charge in [0, 0.05) is 4.91 Å². The van der Waals surface area contributed by atoms with Crippen molar-refractivity contribution in [2.45, 2.75) is 37.9 Å². The molecular formula is C6H10N3NaO4. The predicted octanol–water partition coefficient (Wildman–Crippen LogP) is -3.54. The van der Waals surface area contributed by atoms with E-state index in [0.29, 0.717) is 0 Å². The molecule has 1 aliphatic rings. The van der Waals surface area contributed by atoms with Crippen molar-refractivity contribution in [3.63, 3.8) is 0 Å². The molecule has 0 aliphatic carbocycles. The van der Waals surface area contributed by atoms with Crippen LogP contribution in [-0.4, -0.2) is 29.7 Å². The number of ether oxygens (including phenoxy) is 1. The fourth-order valence-corrected chi connectivity index (χ4v) is 1.19. The van der Waals surface area contributed by atoms with Crippen molar-refractivity contribution in [2.75, 3.05) is 0 Å². The number of hydrogen-bond acceptors (Lipinski definition) is 5. The molecule has 0 saturated carbocycles. The van der Waals surface area contributed by atoms with Gasteiger partial charge in [-0.3, -0.25) is 0 Å². The molecule has 0 aromatic heterocycles. The standard InChI is InChI=1S/C6H10N3O4.Na/c1-3-6(11)4(13-9-8-7)2-5(10)12-3;/h3-6,11H,2H2,1H3;/q-1;+1/t3-,4+,5-,6+;/m1./s1. The number of azide groups is 1. The molecule has 1 N–H and O–H groups in total. The molecule has 1 saturated heterocycles. The van der Waals surface area contributed by atoms with Gasteiger partial charge in [0.1, 0.15) is 17.5 Å². The summed E-state index contributed by atoms with van der Waals surface area (Å²) in [6.45, 7) is 1.56. The van der Waals surface area contributed by atoms with E-state index in [1.165, 1.54) is 0 Å². The van der Waals surface area contributed by atoms with Crippen LogP contribution in [0.25, 0.3) is 10.4 Å². The molecule has 0 amide bonds. The van der Waals surface area contributed by atoms with Crippen molar-refractivity contribution in [1.29, 1.82) is 0 Å². The third-order valence-corrected chi connectivity index (χ3v) is 1.87. The number of aliphatic hydroxyl groups excluding tert-OH is 1. The minimum atomic E-state index is -1.24. The molecule has 4 atom stereocenters. The first kappa shape index (κ1) is 14.0. The summed E-state index contributed by atoms with van der Waals surface area (Å²) in [4.78, 5) is 6.93. The van der Waals surface area contributed by atoms with E-state index in [0.717, 1.165) is 0 Å². The third-order valence-electron chi connectivity index (χ3n) is 1.87. The summed E-state index contributed by atoms with van der Waals surface area (Å²) in [5.74, 6) is 0. The maximum Gasteiger partial charge on any atom is 1.00 e. The van der Waals surface area contributed by atoms with Crippen molar-refractivity contribution >= 4 is 0 Å². The van der Waals surface area contributed by atoms with Crippen LogP contribution >= 0.6 is 0 Å². The zero-order chi connectivity index (χ0) is 9.84. The summed E-state index contributed by atoms with van der Waals surface area (Å²) in [6.07, 6.45) is -3.57. The molecule has 14 heavy (non-hydrogen) atoms. The Morgan fingerprint density at radius 1 is 1.71 bits per heavy atom. The van der Waals surface area contributed by atoms with Crippen molar-refractivity contribution in [2.24, 2.45) is 5.28 Å². The summed E-state index contributed by atoms with van der Waals surface area (Å²) < 4.78 is 4.79. The molecule has 0 spiro atoms. The summed E-state index contributed by atoms with van der Waals surface area (Å²) in [7, 11) is 0. The Hall–Kier alpha value is -0.0100. The Morgan fingerprint density at radius 3 is 2.93 bits per heavy atom. The van der Waals surface area contributed by atoms with E-state index in [2.05, 4.69) is 15.0 Å². The van der Waals surface area contributed by atoms with Crippen LogP contribution in [0.3, 0.4) is 0 Å². The van der Waals surface area contributed by atoms with Crippen LogP contribution < -0.4 is 34.7 Å². The van der Waals surface area contributed by atoms with Crippen molar-refractivity contribution in [1.82, 2.24) is 0 Å². The second kappa shape index (κ2) is 6.47. The van der Waals surface area contributed by atoms with Crippen LogP contribution in [0.1, 0.15) is 13.3 Å². The molecule has 0 aromatic rings. The van der Waals surface area contributed by atoms with Crippen molar-refractivity contribution in [3.05, 3.63) is 10.4 Å². The van der Waals surface area contributed by atoms with Crippen LogP contribution in [0.2, 0.25) is 0 Å². The maximum absolute atomic E-state index is 10.9. The summed E-state index contributed by atoms with van der Waals surface area (Å²) in [5, 5.41) is 23.2. The van der Waals surface area contributed by atoms with Crippen molar-refractivity contribution in [3.8, 4) is 0 Å². The average molecular weight is 211 g/mol. The van der Waals surface area contributed by atoms with E-state index >= 15 is 0 Å². The molecule has 1 aliphatic heterocycles. The smallest absolute Gasteiger partial charge is 0.831 e. The molecule has 1 heterocycles. The van der Waals surface area contributed by atoms with Crippen LogP contribution in [-0.2, 0) is 9.57 Å². The van der Waals surface area contributed by atoms with Gasteiger partial charge >= 0.3 is 29.6 Å². The Balaban J connectivity index is 0.00000169. The van der Waals surface area contributed by atoms with E-state index in [1.54, 1.807) is 6.92 Å². The first-order valence-electron chi connectivity index (χ1n) is 3.84. The van der Waals surface area contributed by atoms with Crippen LogP contribution in [0, 0.1) is 0 Å². The first-order valence-corrected chi connectivity index (χ1v) is 3.84. The number of aliphatic hydroxyl groups is 1. The normalized spacial score (nSPS) is 36.5. The van der Waals surface area contributed by atoms with Crippen LogP contribution in [0.4, 0.5) is 0 Å². The van der Waals surface area contributed by atoms with Gasteiger partial charge in [0.15, 0.2) is 0 Å². The van der Waals surface area contributed by atoms with Gasteiger partial charge in [-0.2, -0.15) is 0 Å². The molecule has 1 fully saturated rings. The van der Waals surface area contributed by atoms with E-state index in [1.807, 2.05) is 0 Å². The fraction of sp³-hybridized carbons (Fsp3) is 1.00. The number of hydrogen-bond donors (Lipinski definition) is 1. The monoisotopic (exact) mass is 211 g/mol. The maximum atomic E-state index is 10.9. The Morgan fingerprint density at radius 2 is 2.36 bits per heavy atom. The minimum absolute atomic E-state index is 0. The van der Waals surface area contributed by atoms with E-state index in [-0.39, 0.29) is 36.0 Å². The Kier molecular flexibility index (Phi) is 6.46.